The number of benzene rings is 1. The van der Waals surface area contributed by atoms with E-state index in [1.807, 2.05) is 0 Å². The van der Waals surface area contributed by atoms with E-state index < -0.39 is 10.0 Å². The van der Waals surface area contributed by atoms with E-state index in [-0.39, 0.29) is 23.2 Å². The van der Waals surface area contributed by atoms with Crippen molar-refractivity contribution in [3.63, 3.8) is 0 Å². The average molecular weight is 316 g/mol. The van der Waals surface area contributed by atoms with Crippen LogP contribution >= 0.6 is 11.6 Å². The molecule has 8 heteroatoms. The van der Waals surface area contributed by atoms with Gasteiger partial charge in [-0.3, -0.25) is 4.68 Å². The fourth-order valence-electron chi connectivity index (χ4n) is 1.79. The third-order valence-corrected chi connectivity index (χ3v) is 4.64. The Labute approximate surface area is 122 Å². The van der Waals surface area contributed by atoms with Crippen LogP contribution in [0.2, 0.25) is 5.02 Å². The van der Waals surface area contributed by atoms with Gasteiger partial charge in [0.1, 0.15) is 0 Å². The second-order valence-corrected chi connectivity index (χ2v) is 6.31. The summed E-state index contributed by atoms with van der Waals surface area (Å²) in [7, 11) is -2.23. The van der Waals surface area contributed by atoms with Gasteiger partial charge in [-0.2, -0.15) is 5.10 Å². The average Bonchev–Trinajstić information content (AvgIpc) is 2.77. The van der Waals surface area contributed by atoms with Crippen molar-refractivity contribution < 1.29 is 13.5 Å². The number of nitrogens with zero attached hydrogens (tertiary/aromatic N) is 2. The molecule has 0 amide bonds. The lowest BCUT2D eigenvalue weighted by Crippen LogP contribution is -2.25. The van der Waals surface area contributed by atoms with Crippen LogP contribution in [-0.4, -0.2) is 23.3 Å². The zero-order valence-corrected chi connectivity index (χ0v) is 12.3. The summed E-state index contributed by atoms with van der Waals surface area (Å²) in [6, 6.07) is 7.02. The number of sulfonamides is 1. The number of aromatic nitrogens is 2. The normalized spacial score (nSPS) is 11.8. The lowest BCUT2D eigenvalue weighted by atomic mass is 10.1. The Bertz CT molecular complexity index is 693. The molecule has 0 aliphatic carbocycles. The van der Waals surface area contributed by atoms with Crippen LogP contribution in [0.15, 0.2) is 35.5 Å². The molecule has 0 unspecified atom stereocenters. The molecule has 0 bridgehead atoms. The summed E-state index contributed by atoms with van der Waals surface area (Å²) in [6.07, 6.45) is 1.28. The number of hydrogen-bond acceptors (Lipinski definition) is 4. The monoisotopic (exact) mass is 315 g/mol. The van der Waals surface area contributed by atoms with Gasteiger partial charge in [-0.25, -0.2) is 13.1 Å². The van der Waals surface area contributed by atoms with Gasteiger partial charge in [0, 0.05) is 13.6 Å². The highest BCUT2D eigenvalue weighted by Crippen LogP contribution is 2.19. The predicted molar refractivity (Wildman–Crippen MR) is 74.6 cm³/mol. The summed E-state index contributed by atoms with van der Waals surface area (Å²) in [4.78, 5) is 0. The molecule has 0 aliphatic heterocycles. The molecule has 0 spiro atoms. The molecule has 1 aromatic heterocycles. The van der Waals surface area contributed by atoms with Crippen LogP contribution < -0.4 is 4.72 Å². The Morgan fingerprint density at radius 1 is 1.40 bits per heavy atom. The minimum absolute atomic E-state index is 0.0718. The fourth-order valence-corrected chi connectivity index (χ4v) is 3.45. The van der Waals surface area contributed by atoms with Gasteiger partial charge in [-0.15, -0.1) is 0 Å². The summed E-state index contributed by atoms with van der Waals surface area (Å²) >= 11 is 5.82. The Balaban J connectivity index is 2.17. The molecule has 2 aromatic rings. The van der Waals surface area contributed by atoms with Crippen molar-refractivity contribution in [1.82, 2.24) is 14.5 Å². The molecular formula is C12H14ClN3O3S. The summed E-state index contributed by atoms with van der Waals surface area (Å²) in [5, 5.41) is 12.8. The Morgan fingerprint density at radius 3 is 2.70 bits per heavy atom. The smallest absolute Gasteiger partial charge is 0.259 e. The molecule has 108 valence electrons. The van der Waals surface area contributed by atoms with Crippen LogP contribution in [0.5, 0.6) is 0 Å². The molecule has 1 heterocycles. The minimum Gasteiger partial charge on any atom is -0.392 e. The van der Waals surface area contributed by atoms with Crippen LogP contribution in [0.3, 0.4) is 0 Å². The minimum atomic E-state index is -3.74. The highest BCUT2D eigenvalue weighted by molar-refractivity contribution is 7.89. The Hall–Kier alpha value is -1.41. The van der Waals surface area contributed by atoms with Crippen LogP contribution in [0.4, 0.5) is 0 Å². The van der Waals surface area contributed by atoms with Gasteiger partial charge < -0.3 is 5.11 Å². The van der Waals surface area contributed by atoms with E-state index in [0.717, 1.165) is 11.1 Å². The first-order chi connectivity index (χ1) is 9.44. The Morgan fingerprint density at radius 2 is 2.10 bits per heavy atom. The molecule has 0 aliphatic rings. The summed E-state index contributed by atoms with van der Waals surface area (Å²) in [5.41, 5.74) is 1.47. The van der Waals surface area contributed by atoms with Crippen molar-refractivity contribution in [2.24, 2.45) is 7.05 Å². The molecule has 0 saturated heterocycles. The summed E-state index contributed by atoms with van der Waals surface area (Å²) < 4.78 is 28.0. The third-order valence-electron chi connectivity index (χ3n) is 2.74. The largest absolute Gasteiger partial charge is 0.392 e. The highest BCUT2D eigenvalue weighted by Gasteiger charge is 2.22. The van der Waals surface area contributed by atoms with Crippen LogP contribution in [0.1, 0.15) is 11.1 Å². The molecule has 1 aromatic carbocycles. The lowest BCUT2D eigenvalue weighted by molar-refractivity contribution is 0.281. The predicted octanol–water partition coefficient (Wildman–Crippen LogP) is 1.04. The fraction of sp³-hybridized carbons (Fsp3) is 0.250. The highest BCUT2D eigenvalue weighted by atomic mass is 35.5. The number of aliphatic hydroxyl groups is 1. The van der Waals surface area contributed by atoms with E-state index >= 15 is 0 Å². The maximum Gasteiger partial charge on any atom is 0.259 e. The van der Waals surface area contributed by atoms with Gasteiger partial charge in [0.25, 0.3) is 10.0 Å². The van der Waals surface area contributed by atoms with E-state index in [4.69, 9.17) is 16.7 Å². The molecule has 0 atom stereocenters. The number of rotatable bonds is 5. The maximum absolute atomic E-state index is 12.2. The standard InChI is InChI=1S/C12H14ClN3O3S/c1-16-12(11(13)7-14-16)20(18,19)15-6-9-3-2-4-10(5-9)8-17/h2-5,7,15,17H,6,8H2,1H3. The number of halogens is 1. The SMILES string of the molecule is Cn1ncc(Cl)c1S(=O)(=O)NCc1cccc(CO)c1. The van der Waals surface area contributed by atoms with Crippen molar-refractivity contribution in [2.75, 3.05) is 0 Å². The van der Waals surface area contributed by atoms with E-state index in [0.29, 0.717) is 0 Å². The first-order valence-electron chi connectivity index (χ1n) is 5.80. The van der Waals surface area contributed by atoms with Crippen LogP contribution in [0, 0.1) is 0 Å². The van der Waals surface area contributed by atoms with E-state index in [1.165, 1.54) is 17.9 Å². The quantitative estimate of drug-likeness (QED) is 0.863. The topological polar surface area (TPSA) is 84.2 Å². The molecule has 20 heavy (non-hydrogen) atoms. The molecule has 6 nitrogen and oxygen atoms in total. The van der Waals surface area contributed by atoms with Gasteiger partial charge in [-0.05, 0) is 11.1 Å². The van der Waals surface area contributed by atoms with Crippen molar-refractivity contribution in [2.45, 2.75) is 18.2 Å². The first-order valence-corrected chi connectivity index (χ1v) is 7.66. The zero-order valence-electron chi connectivity index (χ0n) is 10.7. The van der Waals surface area contributed by atoms with E-state index in [2.05, 4.69) is 9.82 Å². The molecule has 2 N–H and O–H groups in total. The molecule has 0 saturated carbocycles. The zero-order chi connectivity index (χ0) is 14.8. The lowest BCUT2D eigenvalue weighted by Gasteiger charge is -2.08. The van der Waals surface area contributed by atoms with Gasteiger partial charge in [-0.1, -0.05) is 35.9 Å². The van der Waals surface area contributed by atoms with Gasteiger partial charge in [0.15, 0.2) is 5.03 Å². The van der Waals surface area contributed by atoms with Crippen molar-refractivity contribution in [3.8, 4) is 0 Å². The van der Waals surface area contributed by atoms with Crippen molar-refractivity contribution >= 4 is 21.6 Å². The molecule has 2 rings (SSSR count). The Kier molecular flexibility index (Phi) is 4.44. The van der Waals surface area contributed by atoms with Crippen LogP contribution in [0.25, 0.3) is 0 Å². The first kappa shape index (κ1) is 15.0. The third kappa shape index (κ3) is 3.18. The molecular weight excluding hydrogens is 302 g/mol. The van der Waals surface area contributed by atoms with Gasteiger partial charge in [0.2, 0.25) is 0 Å². The maximum atomic E-state index is 12.2. The van der Waals surface area contributed by atoms with Gasteiger partial charge in [0.05, 0.1) is 17.8 Å². The van der Waals surface area contributed by atoms with E-state index in [9.17, 15) is 8.42 Å². The number of aliphatic hydroxyl groups excluding tert-OH is 1. The second-order valence-electron chi connectivity index (χ2n) is 4.22. The molecule has 0 radical (unpaired) electrons. The number of nitrogens with one attached hydrogen (secondary N) is 1. The number of aryl methyl sites for hydroxylation is 1. The van der Waals surface area contributed by atoms with Gasteiger partial charge >= 0.3 is 0 Å². The second kappa shape index (κ2) is 5.92. The number of hydrogen-bond donors (Lipinski definition) is 2. The molecule has 0 fully saturated rings. The van der Waals surface area contributed by atoms with Crippen LogP contribution in [-0.2, 0) is 30.2 Å². The summed E-state index contributed by atoms with van der Waals surface area (Å²) in [6.45, 7) is 0.0197. The van der Waals surface area contributed by atoms with Crippen molar-refractivity contribution in [1.29, 1.82) is 0 Å². The van der Waals surface area contributed by atoms with Crippen molar-refractivity contribution in [3.05, 3.63) is 46.6 Å². The summed E-state index contributed by atoms with van der Waals surface area (Å²) in [5.74, 6) is 0. The van der Waals surface area contributed by atoms with E-state index in [1.54, 1.807) is 24.3 Å².